The number of amides is 1. The molecule has 0 spiro atoms. The number of benzene rings is 1. The standard InChI is InChI=1S/C15H20N2O/c1-11(16)5-3-4-6-12-7-8-14-13(9-12)10-15(18)17(14)2/h4,6-9,11H,3,5,10,16H2,1-2H3/b6-4+. The zero-order valence-corrected chi connectivity index (χ0v) is 11.0. The van der Waals surface area contributed by atoms with Gasteiger partial charge in [-0.05, 0) is 43.0 Å². The SMILES string of the molecule is CC(N)CC/C=C/c1ccc2c(c1)CC(=O)N2C. The van der Waals surface area contributed by atoms with Crippen LogP contribution in [-0.4, -0.2) is 19.0 Å². The van der Waals surface area contributed by atoms with Crippen molar-refractivity contribution in [1.29, 1.82) is 0 Å². The quantitative estimate of drug-likeness (QED) is 0.883. The molecule has 1 heterocycles. The first-order valence-electron chi connectivity index (χ1n) is 6.39. The Balaban J connectivity index is 2.05. The van der Waals surface area contributed by atoms with Crippen LogP contribution in [0.15, 0.2) is 24.3 Å². The van der Waals surface area contributed by atoms with E-state index in [4.69, 9.17) is 5.73 Å². The van der Waals surface area contributed by atoms with Gasteiger partial charge in [0.25, 0.3) is 0 Å². The van der Waals surface area contributed by atoms with Crippen LogP contribution in [0.5, 0.6) is 0 Å². The van der Waals surface area contributed by atoms with Crippen molar-refractivity contribution in [1.82, 2.24) is 0 Å². The minimum atomic E-state index is 0.170. The fourth-order valence-corrected chi connectivity index (χ4v) is 2.17. The molecule has 2 N–H and O–H groups in total. The van der Waals surface area contributed by atoms with Crippen LogP contribution in [0.3, 0.4) is 0 Å². The molecule has 3 heteroatoms. The molecule has 3 nitrogen and oxygen atoms in total. The van der Waals surface area contributed by atoms with Crippen molar-refractivity contribution in [2.75, 3.05) is 11.9 Å². The molecule has 1 unspecified atom stereocenters. The van der Waals surface area contributed by atoms with Crippen molar-refractivity contribution >= 4 is 17.7 Å². The molecule has 1 aliphatic heterocycles. The molecule has 1 atom stereocenters. The fraction of sp³-hybridized carbons (Fsp3) is 0.400. The summed E-state index contributed by atoms with van der Waals surface area (Å²) >= 11 is 0. The van der Waals surface area contributed by atoms with E-state index in [0.29, 0.717) is 6.42 Å². The Labute approximate surface area is 108 Å². The normalized spacial score (nSPS) is 16.4. The Morgan fingerprint density at radius 2 is 2.28 bits per heavy atom. The van der Waals surface area contributed by atoms with E-state index in [0.717, 1.165) is 29.7 Å². The number of anilines is 1. The molecule has 0 fully saturated rings. The summed E-state index contributed by atoms with van der Waals surface area (Å²) in [5, 5.41) is 0. The van der Waals surface area contributed by atoms with E-state index in [9.17, 15) is 4.79 Å². The molecule has 18 heavy (non-hydrogen) atoms. The number of rotatable bonds is 4. The van der Waals surface area contributed by atoms with Gasteiger partial charge in [-0.15, -0.1) is 0 Å². The molecule has 1 aromatic rings. The van der Waals surface area contributed by atoms with Gasteiger partial charge in [0, 0.05) is 18.8 Å². The van der Waals surface area contributed by atoms with E-state index in [1.54, 1.807) is 4.90 Å². The predicted molar refractivity (Wildman–Crippen MR) is 75.5 cm³/mol. The van der Waals surface area contributed by atoms with Crippen LogP contribution in [0.25, 0.3) is 6.08 Å². The Morgan fingerprint density at radius 3 is 3.00 bits per heavy atom. The van der Waals surface area contributed by atoms with Gasteiger partial charge in [0.2, 0.25) is 5.91 Å². The van der Waals surface area contributed by atoms with Crippen LogP contribution in [-0.2, 0) is 11.2 Å². The Bertz CT molecular complexity index is 477. The summed E-state index contributed by atoms with van der Waals surface area (Å²) in [5.74, 6) is 0.170. The topological polar surface area (TPSA) is 46.3 Å². The Hall–Kier alpha value is -1.61. The van der Waals surface area contributed by atoms with E-state index in [1.165, 1.54) is 0 Å². The average Bonchev–Trinajstić information content (AvgIpc) is 2.60. The zero-order chi connectivity index (χ0) is 13.1. The van der Waals surface area contributed by atoms with Gasteiger partial charge in [-0.2, -0.15) is 0 Å². The lowest BCUT2D eigenvalue weighted by atomic mass is 10.1. The van der Waals surface area contributed by atoms with Gasteiger partial charge in [-0.1, -0.05) is 18.2 Å². The smallest absolute Gasteiger partial charge is 0.231 e. The van der Waals surface area contributed by atoms with E-state index < -0.39 is 0 Å². The van der Waals surface area contributed by atoms with Crippen LogP contribution in [0.1, 0.15) is 30.9 Å². The third kappa shape index (κ3) is 2.79. The monoisotopic (exact) mass is 244 g/mol. The second-order valence-corrected chi connectivity index (χ2v) is 4.97. The second-order valence-electron chi connectivity index (χ2n) is 4.97. The van der Waals surface area contributed by atoms with Gasteiger partial charge in [0.05, 0.1) is 6.42 Å². The highest BCUT2D eigenvalue weighted by molar-refractivity contribution is 6.01. The first-order chi connectivity index (χ1) is 8.58. The van der Waals surface area contributed by atoms with E-state index >= 15 is 0 Å². The number of likely N-dealkylation sites (N-methyl/N-ethyl adjacent to an activating group) is 1. The molecule has 0 saturated heterocycles. The second kappa shape index (κ2) is 5.36. The summed E-state index contributed by atoms with van der Waals surface area (Å²) in [5.41, 5.74) is 9.01. The third-order valence-corrected chi connectivity index (χ3v) is 3.28. The summed E-state index contributed by atoms with van der Waals surface area (Å²) < 4.78 is 0. The van der Waals surface area contributed by atoms with E-state index in [-0.39, 0.29) is 11.9 Å². The highest BCUT2D eigenvalue weighted by atomic mass is 16.2. The number of nitrogens with zero attached hydrogens (tertiary/aromatic N) is 1. The maximum atomic E-state index is 11.6. The van der Waals surface area contributed by atoms with Gasteiger partial charge in [-0.3, -0.25) is 4.79 Å². The van der Waals surface area contributed by atoms with Crippen molar-refractivity contribution in [3.63, 3.8) is 0 Å². The summed E-state index contributed by atoms with van der Waals surface area (Å²) in [6.45, 7) is 2.02. The molecule has 0 bridgehead atoms. The van der Waals surface area contributed by atoms with Gasteiger partial charge < -0.3 is 10.6 Å². The van der Waals surface area contributed by atoms with Crippen molar-refractivity contribution < 1.29 is 4.79 Å². The van der Waals surface area contributed by atoms with Gasteiger partial charge in [0.15, 0.2) is 0 Å². The van der Waals surface area contributed by atoms with Crippen molar-refractivity contribution in [3.8, 4) is 0 Å². The van der Waals surface area contributed by atoms with Gasteiger partial charge >= 0.3 is 0 Å². The minimum absolute atomic E-state index is 0.170. The van der Waals surface area contributed by atoms with Crippen LogP contribution < -0.4 is 10.6 Å². The summed E-state index contributed by atoms with van der Waals surface area (Å²) in [4.78, 5) is 13.3. The molecule has 0 radical (unpaired) electrons. The zero-order valence-electron chi connectivity index (χ0n) is 11.0. The highest BCUT2D eigenvalue weighted by Gasteiger charge is 2.23. The van der Waals surface area contributed by atoms with Crippen LogP contribution in [0.4, 0.5) is 5.69 Å². The number of allylic oxidation sites excluding steroid dienone is 1. The maximum Gasteiger partial charge on any atom is 0.231 e. The minimum Gasteiger partial charge on any atom is -0.328 e. The summed E-state index contributed by atoms with van der Waals surface area (Å²) in [6, 6.07) is 6.42. The molecule has 2 rings (SSSR count). The number of nitrogens with two attached hydrogens (primary N) is 1. The molecule has 0 aliphatic carbocycles. The van der Waals surface area contributed by atoms with Crippen molar-refractivity contribution in [3.05, 3.63) is 35.4 Å². The fourth-order valence-electron chi connectivity index (χ4n) is 2.17. The highest BCUT2D eigenvalue weighted by Crippen LogP contribution is 2.28. The molecule has 1 amide bonds. The van der Waals surface area contributed by atoms with E-state index in [2.05, 4.69) is 24.3 Å². The molecular formula is C15H20N2O. The molecular weight excluding hydrogens is 224 g/mol. The number of hydrogen-bond acceptors (Lipinski definition) is 2. The number of carbonyl (C=O) groups excluding carboxylic acids is 1. The molecule has 1 aliphatic rings. The Morgan fingerprint density at radius 1 is 1.50 bits per heavy atom. The first-order valence-corrected chi connectivity index (χ1v) is 6.39. The molecule has 0 saturated carbocycles. The van der Waals surface area contributed by atoms with E-state index in [1.807, 2.05) is 20.0 Å². The molecule has 0 aromatic heterocycles. The number of fused-ring (bicyclic) bond motifs is 1. The largest absolute Gasteiger partial charge is 0.328 e. The van der Waals surface area contributed by atoms with Gasteiger partial charge in [0.1, 0.15) is 0 Å². The third-order valence-electron chi connectivity index (χ3n) is 3.28. The lowest BCUT2D eigenvalue weighted by molar-refractivity contribution is -0.117. The van der Waals surface area contributed by atoms with Crippen LogP contribution in [0.2, 0.25) is 0 Å². The van der Waals surface area contributed by atoms with Gasteiger partial charge in [-0.25, -0.2) is 0 Å². The first kappa shape index (κ1) is 12.8. The van der Waals surface area contributed by atoms with Crippen molar-refractivity contribution in [2.24, 2.45) is 5.73 Å². The number of carbonyl (C=O) groups is 1. The lowest BCUT2D eigenvalue weighted by Gasteiger charge is -2.09. The maximum absolute atomic E-state index is 11.6. The summed E-state index contributed by atoms with van der Waals surface area (Å²) in [6.07, 6.45) is 6.76. The van der Waals surface area contributed by atoms with Crippen molar-refractivity contribution in [2.45, 2.75) is 32.2 Å². The van der Waals surface area contributed by atoms with Crippen LogP contribution >= 0.6 is 0 Å². The number of hydrogen-bond donors (Lipinski definition) is 1. The molecule has 1 aromatic carbocycles. The predicted octanol–water partition coefficient (Wildman–Crippen LogP) is 2.35. The average molecular weight is 244 g/mol. The summed E-state index contributed by atoms with van der Waals surface area (Å²) in [7, 11) is 1.83. The Kier molecular flexibility index (Phi) is 3.82. The molecule has 96 valence electrons. The lowest BCUT2D eigenvalue weighted by Crippen LogP contribution is -2.20. The van der Waals surface area contributed by atoms with Crippen LogP contribution in [0, 0.1) is 0 Å².